The summed E-state index contributed by atoms with van der Waals surface area (Å²) in [5.74, 6) is 2.52. The van der Waals surface area contributed by atoms with Gasteiger partial charge in [-0.05, 0) is 17.7 Å². The van der Waals surface area contributed by atoms with Gasteiger partial charge < -0.3 is 9.64 Å². The summed E-state index contributed by atoms with van der Waals surface area (Å²) in [6.45, 7) is 2.81. The highest BCUT2D eigenvalue weighted by molar-refractivity contribution is 5.67. The maximum Gasteiger partial charge on any atom is 0.165 e. The van der Waals surface area contributed by atoms with E-state index in [1.54, 1.807) is 7.11 Å². The number of ether oxygens (including phenoxy) is 1. The van der Waals surface area contributed by atoms with E-state index in [2.05, 4.69) is 40.1 Å². The van der Waals surface area contributed by atoms with Crippen LogP contribution < -0.4 is 9.64 Å². The normalized spacial score (nSPS) is 13.8. The lowest BCUT2D eigenvalue weighted by atomic mass is 10.0. The topological polar surface area (TPSA) is 41.5 Å². The summed E-state index contributed by atoms with van der Waals surface area (Å²) in [6, 6.07) is 18.6. The van der Waals surface area contributed by atoms with E-state index in [0.717, 1.165) is 54.7 Å². The van der Waals surface area contributed by atoms with Gasteiger partial charge in [0.2, 0.25) is 0 Å². The van der Waals surface area contributed by atoms with Crippen molar-refractivity contribution in [1.29, 1.82) is 0 Å². The van der Waals surface area contributed by atoms with Gasteiger partial charge in [0, 0.05) is 45.7 Å². The first-order valence-corrected chi connectivity index (χ1v) is 9.62. The first-order valence-electron chi connectivity index (χ1n) is 9.62. The summed E-state index contributed by atoms with van der Waals surface area (Å²) in [6.07, 6.45) is 0.924. The maximum atomic E-state index is 5.53. The van der Waals surface area contributed by atoms with E-state index in [1.165, 1.54) is 11.1 Å². The van der Waals surface area contributed by atoms with Gasteiger partial charge in [-0.1, -0.05) is 42.5 Å². The lowest BCUT2D eigenvalue weighted by Crippen LogP contribution is -2.32. The van der Waals surface area contributed by atoms with Gasteiger partial charge in [-0.25, -0.2) is 9.97 Å². The zero-order valence-corrected chi connectivity index (χ0v) is 16.7. The second-order valence-corrected chi connectivity index (χ2v) is 7.34. The molecular formula is C23H26N4O. The molecule has 28 heavy (non-hydrogen) atoms. The van der Waals surface area contributed by atoms with Gasteiger partial charge in [-0.2, -0.15) is 0 Å². The predicted molar refractivity (Wildman–Crippen MR) is 113 cm³/mol. The Morgan fingerprint density at radius 1 is 1.00 bits per heavy atom. The summed E-state index contributed by atoms with van der Waals surface area (Å²) in [5.41, 5.74) is 4.64. The molecule has 0 saturated carbocycles. The van der Waals surface area contributed by atoms with Crippen LogP contribution in [0.1, 0.15) is 16.8 Å². The minimum absolute atomic E-state index is 0.733. The number of hydrogen-bond donors (Lipinski definition) is 0. The minimum Gasteiger partial charge on any atom is -0.496 e. The number of aromatic nitrogens is 2. The molecule has 144 valence electrons. The van der Waals surface area contributed by atoms with E-state index in [-0.39, 0.29) is 0 Å². The second-order valence-electron chi connectivity index (χ2n) is 7.34. The largest absolute Gasteiger partial charge is 0.496 e. The standard InChI is InChI=1S/C23H26N4O/c1-26(2)23-19-16-27(15-17-9-5-4-6-10-17)14-13-20(19)24-22(25-23)18-11-7-8-12-21(18)28-3/h4-12H,13-16H2,1-3H3. The number of para-hydroxylation sites is 1. The number of anilines is 1. The molecule has 0 unspecified atom stereocenters. The van der Waals surface area contributed by atoms with Gasteiger partial charge in [0.25, 0.3) is 0 Å². The van der Waals surface area contributed by atoms with Gasteiger partial charge in [0.1, 0.15) is 11.6 Å². The van der Waals surface area contributed by atoms with Crippen LogP contribution in [-0.4, -0.2) is 42.6 Å². The predicted octanol–water partition coefficient (Wildman–Crippen LogP) is 3.78. The number of rotatable bonds is 5. The Morgan fingerprint density at radius 2 is 1.75 bits per heavy atom. The van der Waals surface area contributed by atoms with Crippen molar-refractivity contribution in [2.24, 2.45) is 0 Å². The number of methoxy groups -OCH3 is 1. The summed E-state index contributed by atoms with van der Waals surface area (Å²) in [5, 5.41) is 0. The Kier molecular flexibility index (Phi) is 5.26. The number of benzene rings is 2. The highest BCUT2D eigenvalue weighted by Gasteiger charge is 2.24. The lowest BCUT2D eigenvalue weighted by molar-refractivity contribution is 0.243. The van der Waals surface area contributed by atoms with E-state index in [0.29, 0.717) is 0 Å². The molecule has 0 bridgehead atoms. The molecule has 0 spiro atoms. The minimum atomic E-state index is 0.733. The van der Waals surface area contributed by atoms with Crippen LogP contribution in [0.25, 0.3) is 11.4 Å². The molecule has 1 aliphatic rings. The van der Waals surface area contributed by atoms with Crippen molar-refractivity contribution >= 4 is 5.82 Å². The first kappa shape index (κ1) is 18.4. The molecule has 5 heteroatoms. The van der Waals surface area contributed by atoms with Crippen LogP contribution in [-0.2, 0) is 19.5 Å². The fraction of sp³-hybridized carbons (Fsp3) is 0.304. The summed E-state index contributed by atoms with van der Waals surface area (Å²) < 4.78 is 5.53. The van der Waals surface area contributed by atoms with E-state index >= 15 is 0 Å². The smallest absolute Gasteiger partial charge is 0.165 e. The average Bonchev–Trinajstić information content (AvgIpc) is 2.73. The summed E-state index contributed by atoms with van der Waals surface area (Å²) in [7, 11) is 5.78. The van der Waals surface area contributed by atoms with Crippen LogP contribution in [0.5, 0.6) is 5.75 Å². The monoisotopic (exact) mass is 374 g/mol. The van der Waals surface area contributed by atoms with Gasteiger partial charge in [0.05, 0.1) is 18.4 Å². The molecule has 2 heterocycles. The molecule has 0 saturated heterocycles. The van der Waals surface area contributed by atoms with Crippen LogP contribution in [0.2, 0.25) is 0 Å². The van der Waals surface area contributed by atoms with Gasteiger partial charge >= 0.3 is 0 Å². The van der Waals surface area contributed by atoms with Crippen molar-refractivity contribution in [2.75, 3.05) is 32.6 Å². The molecule has 0 aliphatic carbocycles. The Bertz CT molecular complexity index is 956. The Hall–Kier alpha value is -2.92. The number of fused-ring (bicyclic) bond motifs is 1. The van der Waals surface area contributed by atoms with Crippen molar-refractivity contribution in [2.45, 2.75) is 19.5 Å². The molecule has 2 aromatic carbocycles. The van der Waals surface area contributed by atoms with Gasteiger partial charge in [-0.3, -0.25) is 4.90 Å². The molecule has 1 aliphatic heterocycles. The zero-order chi connectivity index (χ0) is 19.5. The lowest BCUT2D eigenvalue weighted by Gasteiger charge is -2.31. The Balaban J connectivity index is 1.69. The molecule has 0 radical (unpaired) electrons. The Morgan fingerprint density at radius 3 is 2.50 bits per heavy atom. The first-order chi connectivity index (χ1) is 13.7. The molecule has 0 N–H and O–H groups in total. The van der Waals surface area contributed by atoms with E-state index in [4.69, 9.17) is 14.7 Å². The van der Waals surface area contributed by atoms with Crippen LogP contribution in [0.15, 0.2) is 54.6 Å². The molecule has 0 fully saturated rings. The molecule has 3 aromatic rings. The second kappa shape index (κ2) is 7.98. The van der Waals surface area contributed by atoms with Crippen LogP contribution >= 0.6 is 0 Å². The molecular weight excluding hydrogens is 348 g/mol. The van der Waals surface area contributed by atoms with Crippen molar-refractivity contribution in [3.8, 4) is 17.1 Å². The molecule has 5 nitrogen and oxygen atoms in total. The fourth-order valence-electron chi connectivity index (χ4n) is 3.75. The van der Waals surface area contributed by atoms with Crippen molar-refractivity contribution in [3.05, 3.63) is 71.4 Å². The van der Waals surface area contributed by atoms with Crippen molar-refractivity contribution in [1.82, 2.24) is 14.9 Å². The van der Waals surface area contributed by atoms with E-state index in [9.17, 15) is 0 Å². The third-order valence-corrected chi connectivity index (χ3v) is 5.14. The molecule has 1 aromatic heterocycles. The van der Waals surface area contributed by atoms with E-state index < -0.39 is 0 Å². The van der Waals surface area contributed by atoms with Crippen LogP contribution in [0.3, 0.4) is 0 Å². The zero-order valence-electron chi connectivity index (χ0n) is 16.7. The van der Waals surface area contributed by atoms with Crippen LogP contribution in [0.4, 0.5) is 5.82 Å². The average molecular weight is 374 g/mol. The van der Waals surface area contributed by atoms with Crippen LogP contribution in [0, 0.1) is 0 Å². The number of nitrogens with zero attached hydrogens (tertiary/aromatic N) is 4. The molecule has 0 atom stereocenters. The number of hydrogen-bond acceptors (Lipinski definition) is 5. The van der Waals surface area contributed by atoms with Gasteiger partial charge in [0.15, 0.2) is 5.82 Å². The molecule has 0 amide bonds. The third-order valence-electron chi connectivity index (χ3n) is 5.14. The highest BCUT2D eigenvalue weighted by atomic mass is 16.5. The summed E-state index contributed by atoms with van der Waals surface area (Å²) in [4.78, 5) is 14.4. The third kappa shape index (κ3) is 3.71. The summed E-state index contributed by atoms with van der Waals surface area (Å²) >= 11 is 0. The van der Waals surface area contributed by atoms with Crippen molar-refractivity contribution in [3.63, 3.8) is 0 Å². The van der Waals surface area contributed by atoms with Crippen molar-refractivity contribution < 1.29 is 4.74 Å². The van der Waals surface area contributed by atoms with Gasteiger partial charge in [-0.15, -0.1) is 0 Å². The SMILES string of the molecule is COc1ccccc1-c1nc2c(c(N(C)C)n1)CN(Cc1ccccc1)CC2. The Labute approximate surface area is 166 Å². The molecule has 4 rings (SSSR count). The quantitative estimate of drug-likeness (QED) is 0.680. The maximum absolute atomic E-state index is 5.53. The highest BCUT2D eigenvalue weighted by Crippen LogP contribution is 2.32. The fourth-order valence-corrected chi connectivity index (χ4v) is 3.75. The van der Waals surface area contributed by atoms with E-state index in [1.807, 2.05) is 38.4 Å².